The summed E-state index contributed by atoms with van der Waals surface area (Å²) in [5.74, 6) is 0.754. The van der Waals surface area contributed by atoms with E-state index in [1.54, 1.807) is 0 Å². The molecular formula is C18H17N5. The molecule has 4 rings (SSSR count). The number of rotatable bonds is 4. The molecule has 23 heavy (non-hydrogen) atoms. The van der Waals surface area contributed by atoms with Crippen molar-refractivity contribution in [3.63, 3.8) is 0 Å². The molecule has 114 valence electrons. The Hall–Kier alpha value is -3.08. The van der Waals surface area contributed by atoms with Crippen LogP contribution in [-0.4, -0.2) is 20.7 Å². The van der Waals surface area contributed by atoms with Gasteiger partial charge in [0.1, 0.15) is 0 Å². The van der Waals surface area contributed by atoms with Crippen molar-refractivity contribution in [1.29, 1.82) is 0 Å². The molecular weight excluding hydrogens is 286 g/mol. The summed E-state index contributed by atoms with van der Waals surface area (Å²) in [6, 6.07) is 16.3. The molecule has 0 radical (unpaired) electrons. The Morgan fingerprint density at radius 3 is 2.91 bits per heavy atom. The number of hydrogen-bond donors (Lipinski definition) is 2. The lowest BCUT2D eigenvalue weighted by Crippen LogP contribution is -2.01. The highest BCUT2D eigenvalue weighted by atomic mass is 15.4. The van der Waals surface area contributed by atoms with Crippen LogP contribution in [0, 0.1) is 0 Å². The van der Waals surface area contributed by atoms with Gasteiger partial charge in [0.2, 0.25) is 5.95 Å². The van der Waals surface area contributed by atoms with Crippen LogP contribution in [-0.2, 0) is 6.54 Å². The van der Waals surface area contributed by atoms with E-state index in [1.807, 2.05) is 42.7 Å². The van der Waals surface area contributed by atoms with Crippen LogP contribution in [0.2, 0.25) is 0 Å². The number of aromatic nitrogens is 3. The Morgan fingerprint density at radius 2 is 2.00 bits per heavy atom. The van der Waals surface area contributed by atoms with Crippen LogP contribution in [0.1, 0.15) is 12.5 Å². The molecule has 0 amide bonds. The second kappa shape index (κ2) is 5.61. The monoisotopic (exact) mass is 303 g/mol. The van der Waals surface area contributed by atoms with E-state index in [0.29, 0.717) is 0 Å². The Kier molecular flexibility index (Phi) is 3.31. The van der Waals surface area contributed by atoms with Gasteiger partial charge in [-0.25, -0.2) is 10.4 Å². The van der Waals surface area contributed by atoms with Crippen molar-refractivity contribution in [2.45, 2.75) is 13.5 Å². The van der Waals surface area contributed by atoms with Gasteiger partial charge in [0.15, 0.2) is 0 Å². The third-order valence-corrected chi connectivity index (χ3v) is 3.96. The van der Waals surface area contributed by atoms with Gasteiger partial charge in [0.05, 0.1) is 17.2 Å². The molecule has 0 unspecified atom stereocenters. The fraction of sp³-hybridized carbons (Fsp3) is 0.111. The average Bonchev–Trinajstić information content (AvgIpc) is 3.16. The molecule has 0 saturated heterocycles. The standard InChI is InChI=1S/C18H17N5/c1-2-23-17-10-6-5-9-16(17)21-18(23)22-20-12-13-11-19-15-8-4-3-7-14(13)15/h3-12,19H,2H2,1H3,(H,21,22)/b20-12-. The van der Waals surface area contributed by atoms with Gasteiger partial charge in [-0.2, -0.15) is 5.10 Å². The molecule has 0 bridgehead atoms. The molecule has 0 saturated carbocycles. The number of hydrazone groups is 1. The summed E-state index contributed by atoms with van der Waals surface area (Å²) in [7, 11) is 0. The Labute approximate surface area is 133 Å². The highest BCUT2D eigenvalue weighted by molar-refractivity contribution is 5.99. The van der Waals surface area contributed by atoms with E-state index in [4.69, 9.17) is 0 Å². The molecule has 5 heteroatoms. The number of nitrogens with zero attached hydrogens (tertiary/aromatic N) is 3. The first-order valence-electron chi connectivity index (χ1n) is 7.67. The first-order chi connectivity index (χ1) is 11.4. The van der Waals surface area contributed by atoms with Crippen LogP contribution in [0.15, 0.2) is 59.8 Å². The Balaban J connectivity index is 1.64. The summed E-state index contributed by atoms with van der Waals surface area (Å²) in [5, 5.41) is 5.51. The van der Waals surface area contributed by atoms with Gasteiger partial charge in [0.25, 0.3) is 0 Å². The van der Waals surface area contributed by atoms with Crippen LogP contribution < -0.4 is 5.43 Å². The minimum absolute atomic E-state index is 0.754. The van der Waals surface area contributed by atoms with Crippen molar-refractivity contribution in [1.82, 2.24) is 14.5 Å². The van der Waals surface area contributed by atoms with E-state index >= 15 is 0 Å². The van der Waals surface area contributed by atoms with Crippen LogP contribution in [0.3, 0.4) is 0 Å². The summed E-state index contributed by atoms with van der Waals surface area (Å²) in [4.78, 5) is 7.84. The highest BCUT2D eigenvalue weighted by Gasteiger charge is 2.07. The number of H-pyrrole nitrogens is 1. The van der Waals surface area contributed by atoms with E-state index in [-0.39, 0.29) is 0 Å². The molecule has 4 aromatic rings. The van der Waals surface area contributed by atoms with Crippen LogP contribution in [0.25, 0.3) is 21.9 Å². The van der Waals surface area contributed by atoms with Crippen molar-refractivity contribution < 1.29 is 0 Å². The Bertz CT molecular complexity index is 993. The normalized spacial score (nSPS) is 11.7. The van der Waals surface area contributed by atoms with Gasteiger partial charge in [-0.05, 0) is 25.1 Å². The maximum Gasteiger partial charge on any atom is 0.224 e. The Morgan fingerprint density at radius 1 is 1.17 bits per heavy atom. The number of imidazole rings is 1. The predicted molar refractivity (Wildman–Crippen MR) is 94.9 cm³/mol. The molecule has 0 aliphatic carbocycles. The van der Waals surface area contributed by atoms with Crippen molar-refractivity contribution in [3.8, 4) is 0 Å². The molecule has 2 N–H and O–H groups in total. The number of hydrogen-bond acceptors (Lipinski definition) is 3. The molecule has 0 aliphatic rings. The average molecular weight is 303 g/mol. The van der Waals surface area contributed by atoms with Crippen molar-refractivity contribution in [2.24, 2.45) is 5.10 Å². The van der Waals surface area contributed by atoms with E-state index in [1.165, 1.54) is 0 Å². The van der Waals surface area contributed by atoms with Gasteiger partial charge in [-0.15, -0.1) is 0 Å². The predicted octanol–water partition coefficient (Wildman–Crippen LogP) is 3.98. The van der Waals surface area contributed by atoms with Crippen molar-refractivity contribution in [3.05, 3.63) is 60.3 Å². The molecule has 2 aromatic heterocycles. The van der Waals surface area contributed by atoms with Gasteiger partial charge >= 0.3 is 0 Å². The fourth-order valence-electron chi connectivity index (χ4n) is 2.84. The lowest BCUT2D eigenvalue weighted by atomic mass is 10.2. The number of anilines is 1. The maximum atomic E-state index is 4.59. The van der Waals surface area contributed by atoms with Crippen molar-refractivity contribution in [2.75, 3.05) is 5.43 Å². The molecule has 2 aromatic carbocycles. The lowest BCUT2D eigenvalue weighted by Gasteiger charge is -2.04. The SMILES string of the molecule is CCn1c(N/N=C\c2c[nH]c3ccccc23)nc2ccccc21. The zero-order valence-corrected chi connectivity index (χ0v) is 12.8. The number of fused-ring (bicyclic) bond motifs is 2. The highest BCUT2D eigenvalue weighted by Crippen LogP contribution is 2.19. The van der Waals surface area contributed by atoms with Crippen LogP contribution >= 0.6 is 0 Å². The number of para-hydroxylation sites is 3. The van der Waals surface area contributed by atoms with E-state index in [9.17, 15) is 0 Å². The number of aryl methyl sites for hydroxylation is 1. The topological polar surface area (TPSA) is 58.0 Å². The molecule has 2 heterocycles. The van der Waals surface area contributed by atoms with Crippen molar-refractivity contribution >= 4 is 34.1 Å². The molecule has 5 nitrogen and oxygen atoms in total. The number of aromatic amines is 1. The second-order valence-electron chi connectivity index (χ2n) is 5.33. The van der Waals surface area contributed by atoms with Crippen LogP contribution in [0.4, 0.5) is 5.95 Å². The smallest absolute Gasteiger partial charge is 0.224 e. The minimum atomic E-state index is 0.754. The zero-order valence-electron chi connectivity index (χ0n) is 12.8. The second-order valence-corrected chi connectivity index (χ2v) is 5.33. The number of nitrogens with one attached hydrogen (secondary N) is 2. The fourth-order valence-corrected chi connectivity index (χ4v) is 2.84. The first-order valence-corrected chi connectivity index (χ1v) is 7.67. The molecule has 0 atom stereocenters. The molecule has 0 fully saturated rings. The summed E-state index contributed by atoms with van der Waals surface area (Å²) >= 11 is 0. The minimum Gasteiger partial charge on any atom is -0.361 e. The summed E-state index contributed by atoms with van der Waals surface area (Å²) < 4.78 is 2.11. The quantitative estimate of drug-likeness (QED) is 0.442. The molecule has 0 aliphatic heterocycles. The first kappa shape index (κ1) is 13.6. The van der Waals surface area contributed by atoms with E-state index in [2.05, 4.69) is 50.2 Å². The summed E-state index contributed by atoms with van der Waals surface area (Å²) in [6.07, 6.45) is 3.77. The van der Waals surface area contributed by atoms with Gasteiger partial charge < -0.3 is 9.55 Å². The summed E-state index contributed by atoms with van der Waals surface area (Å²) in [5.41, 5.74) is 7.30. The van der Waals surface area contributed by atoms with E-state index < -0.39 is 0 Å². The lowest BCUT2D eigenvalue weighted by molar-refractivity contribution is 0.791. The zero-order chi connectivity index (χ0) is 15.6. The maximum absolute atomic E-state index is 4.59. The van der Waals surface area contributed by atoms with Gasteiger partial charge in [-0.3, -0.25) is 0 Å². The third-order valence-electron chi connectivity index (χ3n) is 3.96. The molecule has 0 spiro atoms. The van der Waals surface area contributed by atoms with Gasteiger partial charge in [0, 0.05) is 29.2 Å². The number of benzene rings is 2. The van der Waals surface area contributed by atoms with Gasteiger partial charge in [-0.1, -0.05) is 30.3 Å². The van der Waals surface area contributed by atoms with E-state index in [0.717, 1.165) is 40.0 Å². The third kappa shape index (κ3) is 2.36. The van der Waals surface area contributed by atoms with Crippen LogP contribution in [0.5, 0.6) is 0 Å². The largest absolute Gasteiger partial charge is 0.361 e. The summed E-state index contributed by atoms with van der Waals surface area (Å²) in [6.45, 7) is 2.94.